The summed E-state index contributed by atoms with van der Waals surface area (Å²) in [6, 6.07) is -0.695. The maximum absolute atomic E-state index is 13.2. The van der Waals surface area contributed by atoms with Crippen LogP contribution < -0.4 is 5.32 Å². The summed E-state index contributed by atoms with van der Waals surface area (Å²) in [4.78, 5) is 26.1. The summed E-state index contributed by atoms with van der Waals surface area (Å²) in [6.07, 6.45) is 51.3. The Morgan fingerprint density at radius 2 is 0.828 bits per heavy atom. The van der Waals surface area contributed by atoms with Crippen molar-refractivity contribution >= 4 is 11.9 Å². The highest BCUT2D eigenvalue weighted by Crippen LogP contribution is 2.18. The predicted molar refractivity (Wildman–Crippen MR) is 250 cm³/mol. The van der Waals surface area contributed by atoms with Crippen LogP contribution in [0.1, 0.15) is 284 Å². The molecule has 0 aromatic heterocycles. The summed E-state index contributed by atoms with van der Waals surface area (Å²) in [7, 11) is 0. The monoisotopic (exact) mass is 820 g/mol. The highest BCUT2D eigenvalue weighted by molar-refractivity contribution is 5.77. The molecule has 3 N–H and O–H groups in total. The van der Waals surface area contributed by atoms with E-state index in [1.807, 2.05) is 0 Å². The van der Waals surface area contributed by atoms with Gasteiger partial charge in [0.25, 0.3) is 0 Å². The fourth-order valence-electron chi connectivity index (χ4n) is 8.13. The zero-order chi connectivity index (χ0) is 42.4. The van der Waals surface area contributed by atoms with Gasteiger partial charge in [0.05, 0.1) is 25.2 Å². The van der Waals surface area contributed by atoms with Gasteiger partial charge in [0, 0.05) is 6.42 Å². The quantitative estimate of drug-likeness (QED) is 0.0323. The molecule has 6 nitrogen and oxygen atoms in total. The van der Waals surface area contributed by atoms with Crippen LogP contribution in [0.4, 0.5) is 0 Å². The van der Waals surface area contributed by atoms with Crippen LogP contribution in [-0.2, 0) is 14.3 Å². The Labute approximate surface area is 361 Å². The van der Waals surface area contributed by atoms with E-state index in [1.165, 1.54) is 193 Å². The summed E-state index contributed by atoms with van der Waals surface area (Å²) >= 11 is 0. The molecular formula is C52H101NO5. The average Bonchev–Trinajstić information content (AvgIpc) is 3.22. The van der Waals surface area contributed by atoms with Crippen LogP contribution in [0, 0.1) is 0 Å². The molecule has 0 aliphatic heterocycles. The van der Waals surface area contributed by atoms with Gasteiger partial charge in [0.15, 0.2) is 0 Å². The number of hydrogen-bond donors (Lipinski definition) is 3. The first-order chi connectivity index (χ1) is 28.5. The number of nitrogens with one attached hydrogen (secondary N) is 1. The van der Waals surface area contributed by atoms with Crippen LogP contribution in [0.5, 0.6) is 0 Å². The van der Waals surface area contributed by atoms with Crippen LogP contribution in [0.15, 0.2) is 12.2 Å². The fraction of sp³-hybridized carbons (Fsp3) is 0.923. The molecule has 0 fully saturated rings. The number of esters is 1. The molecule has 3 unspecified atom stereocenters. The molecule has 0 saturated carbocycles. The molecule has 0 aromatic rings. The van der Waals surface area contributed by atoms with E-state index in [4.69, 9.17) is 4.74 Å². The number of aliphatic hydroxyl groups excluding tert-OH is 2. The summed E-state index contributed by atoms with van der Waals surface area (Å²) in [6.45, 7) is 6.48. The number of allylic oxidation sites excluding steroid dienone is 2. The maximum atomic E-state index is 13.2. The molecule has 0 aliphatic rings. The summed E-state index contributed by atoms with van der Waals surface area (Å²) < 4.78 is 5.92. The molecule has 58 heavy (non-hydrogen) atoms. The van der Waals surface area contributed by atoms with Gasteiger partial charge < -0.3 is 20.3 Å². The van der Waals surface area contributed by atoms with Crippen LogP contribution in [0.25, 0.3) is 0 Å². The normalized spacial score (nSPS) is 13.3. The van der Waals surface area contributed by atoms with Crippen LogP contribution in [0.3, 0.4) is 0 Å². The van der Waals surface area contributed by atoms with Crippen LogP contribution in [-0.4, -0.2) is 46.9 Å². The average molecular weight is 820 g/mol. The Kier molecular flexibility index (Phi) is 45.5. The standard InChI is InChI=1S/C52H101NO5/c1-4-7-10-13-16-19-22-24-26-28-30-33-36-39-42-45-52(57)58-48(43-40-37-34-31-21-18-15-12-9-6-3)46-51(56)53-49(47-54)50(55)44-41-38-35-32-29-27-25-23-20-17-14-11-8-5-2/h19,22,48-50,54-55H,4-18,20-21,23-47H2,1-3H3,(H,53,56)/b22-19-. The van der Waals surface area contributed by atoms with Crippen molar-refractivity contribution in [3.8, 4) is 0 Å². The number of carbonyl (C=O) groups excluding carboxylic acids is 2. The lowest BCUT2D eigenvalue weighted by Crippen LogP contribution is -2.46. The third-order valence-corrected chi connectivity index (χ3v) is 12.1. The zero-order valence-electron chi connectivity index (χ0n) is 39.2. The highest BCUT2D eigenvalue weighted by atomic mass is 16.5. The smallest absolute Gasteiger partial charge is 0.306 e. The molecule has 0 rings (SSSR count). The second kappa shape index (κ2) is 46.7. The van der Waals surface area contributed by atoms with Gasteiger partial charge in [-0.3, -0.25) is 9.59 Å². The second-order valence-electron chi connectivity index (χ2n) is 17.9. The molecule has 6 heteroatoms. The van der Waals surface area contributed by atoms with Gasteiger partial charge in [0.2, 0.25) is 5.91 Å². The molecule has 0 spiro atoms. The molecular weight excluding hydrogens is 719 g/mol. The third-order valence-electron chi connectivity index (χ3n) is 12.1. The number of carbonyl (C=O) groups is 2. The Bertz CT molecular complexity index is 878. The number of ether oxygens (including phenoxy) is 1. The lowest BCUT2D eigenvalue weighted by Gasteiger charge is -2.24. The molecule has 3 atom stereocenters. The number of rotatable bonds is 47. The van der Waals surface area contributed by atoms with E-state index in [-0.39, 0.29) is 24.9 Å². The number of unbranched alkanes of at least 4 members (excludes halogenated alkanes) is 33. The molecule has 0 radical (unpaired) electrons. The lowest BCUT2D eigenvalue weighted by atomic mass is 10.0. The van der Waals surface area contributed by atoms with Crippen molar-refractivity contribution in [3.63, 3.8) is 0 Å². The maximum Gasteiger partial charge on any atom is 0.306 e. The van der Waals surface area contributed by atoms with Crippen LogP contribution in [0.2, 0.25) is 0 Å². The van der Waals surface area contributed by atoms with E-state index >= 15 is 0 Å². The molecule has 0 heterocycles. The van der Waals surface area contributed by atoms with Crippen molar-refractivity contribution in [1.29, 1.82) is 0 Å². The van der Waals surface area contributed by atoms with Crippen molar-refractivity contribution in [3.05, 3.63) is 12.2 Å². The van der Waals surface area contributed by atoms with Gasteiger partial charge in [-0.25, -0.2) is 0 Å². The summed E-state index contributed by atoms with van der Waals surface area (Å²) in [5, 5.41) is 23.8. The highest BCUT2D eigenvalue weighted by Gasteiger charge is 2.24. The molecule has 1 amide bonds. The third kappa shape index (κ3) is 41.3. The molecule has 0 aromatic carbocycles. The van der Waals surface area contributed by atoms with Crippen LogP contribution >= 0.6 is 0 Å². The first kappa shape index (κ1) is 56.6. The van der Waals surface area contributed by atoms with E-state index in [0.29, 0.717) is 19.3 Å². The van der Waals surface area contributed by atoms with Gasteiger partial charge in [-0.1, -0.05) is 232 Å². The van der Waals surface area contributed by atoms with Crippen molar-refractivity contribution in [2.45, 2.75) is 302 Å². The minimum Gasteiger partial charge on any atom is -0.462 e. The first-order valence-corrected chi connectivity index (χ1v) is 25.9. The largest absolute Gasteiger partial charge is 0.462 e. The fourth-order valence-corrected chi connectivity index (χ4v) is 8.13. The summed E-state index contributed by atoms with van der Waals surface area (Å²) in [5.41, 5.74) is 0. The van der Waals surface area contributed by atoms with Crippen molar-refractivity contribution in [2.24, 2.45) is 0 Å². The van der Waals surface area contributed by atoms with Gasteiger partial charge in [0.1, 0.15) is 6.10 Å². The lowest BCUT2D eigenvalue weighted by molar-refractivity contribution is -0.151. The van der Waals surface area contributed by atoms with Gasteiger partial charge in [-0.15, -0.1) is 0 Å². The minimum absolute atomic E-state index is 0.0826. The van der Waals surface area contributed by atoms with E-state index in [1.54, 1.807) is 0 Å². The molecule has 0 aliphatic carbocycles. The number of aliphatic hydroxyl groups is 2. The molecule has 0 bridgehead atoms. The van der Waals surface area contributed by atoms with Gasteiger partial charge in [-0.2, -0.15) is 0 Å². The Hall–Kier alpha value is -1.40. The van der Waals surface area contributed by atoms with Gasteiger partial charge >= 0.3 is 5.97 Å². The Morgan fingerprint density at radius 1 is 0.483 bits per heavy atom. The van der Waals surface area contributed by atoms with E-state index < -0.39 is 18.2 Å². The number of amides is 1. The second-order valence-corrected chi connectivity index (χ2v) is 17.9. The SMILES string of the molecule is CCCCCC/C=C\CCCCCCCCCC(=O)OC(CCCCCCCCCCCC)CC(=O)NC(CO)C(O)CCCCCCCCCCCCCCCC. The first-order valence-electron chi connectivity index (χ1n) is 25.9. The van der Waals surface area contributed by atoms with E-state index in [0.717, 1.165) is 44.9 Å². The van der Waals surface area contributed by atoms with Gasteiger partial charge in [-0.05, 0) is 51.4 Å². The topological polar surface area (TPSA) is 95.9 Å². The number of hydrogen-bond acceptors (Lipinski definition) is 5. The van der Waals surface area contributed by atoms with E-state index in [2.05, 4.69) is 38.2 Å². The van der Waals surface area contributed by atoms with E-state index in [9.17, 15) is 19.8 Å². The molecule has 344 valence electrons. The Balaban J connectivity index is 4.46. The van der Waals surface area contributed by atoms with Crippen molar-refractivity contribution in [1.82, 2.24) is 5.32 Å². The summed E-state index contributed by atoms with van der Waals surface area (Å²) in [5.74, 6) is -0.464. The minimum atomic E-state index is -0.781. The Morgan fingerprint density at radius 3 is 1.24 bits per heavy atom. The van der Waals surface area contributed by atoms with Crippen molar-refractivity contribution in [2.75, 3.05) is 6.61 Å². The predicted octanol–water partition coefficient (Wildman–Crippen LogP) is 15.3. The zero-order valence-corrected chi connectivity index (χ0v) is 39.2. The van der Waals surface area contributed by atoms with Crippen molar-refractivity contribution < 1.29 is 24.5 Å². The molecule has 0 saturated heterocycles.